The van der Waals surface area contributed by atoms with E-state index in [0.717, 1.165) is 4.90 Å². The fourth-order valence-corrected chi connectivity index (χ4v) is 3.55. The summed E-state index contributed by atoms with van der Waals surface area (Å²) in [5, 5.41) is 12.9. The standard InChI is InChI=1S/C22H18Cl2N2O5/c1-3-5-13-8-12(10-18(19(13)27)31-4-2)9-15-20(28)25-22(30)26(21(15)29)17-7-6-14(23)11-16(17)24/h3,6-11,27H,1,4-5H2,2H3,(H,25,28,30). The first-order valence-electron chi connectivity index (χ1n) is 9.22. The summed E-state index contributed by atoms with van der Waals surface area (Å²) in [5.41, 5.74) is 0.724. The SMILES string of the molecule is C=CCc1cc(C=C2C(=O)NC(=O)N(c3ccc(Cl)cc3Cl)C2=O)cc(OCC)c1O. The number of halogens is 2. The van der Waals surface area contributed by atoms with Crippen LogP contribution in [0.15, 0.2) is 48.6 Å². The Kier molecular flexibility index (Phi) is 6.68. The summed E-state index contributed by atoms with van der Waals surface area (Å²) in [6, 6.07) is 6.43. The third-order valence-electron chi connectivity index (χ3n) is 4.40. The highest BCUT2D eigenvalue weighted by Crippen LogP contribution is 2.34. The Morgan fingerprint density at radius 3 is 2.58 bits per heavy atom. The zero-order valence-corrected chi connectivity index (χ0v) is 18.0. The van der Waals surface area contributed by atoms with E-state index in [1.165, 1.54) is 30.3 Å². The molecule has 31 heavy (non-hydrogen) atoms. The summed E-state index contributed by atoms with van der Waals surface area (Å²) >= 11 is 12.0. The van der Waals surface area contributed by atoms with Crippen molar-refractivity contribution >= 4 is 52.8 Å². The van der Waals surface area contributed by atoms with Gasteiger partial charge >= 0.3 is 6.03 Å². The van der Waals surface area contributed by atoms with E-state index in [0.29, 0.717) is 29.2 Å². The quantitative estimate of drug-likeness (QED) is 0.376. The number of hydrogen-bond acceptors (Lipinski definition) is 5. The second kappa shape index (κ2) is 9.24. The molecule has 2 aromatic carbocycles. The number of urea groups is 1. The van der Waals surface area contributed by atoms with Gasteiger partial charge in [-0.25, -0.2) is 9.69 Å². The average molecular weight is 461 g/mol. The van der Waals surface area contributed by atoms with Gasteiger partial charge in [-0.1, -0.05) is 29.3 Å². The summed E-state index contributed by atoms with van der Waals surface area (Å²) in [7, 11) is 0. The van der Waals surface area contributed by atoms with Gasteiger partial charge in [-0.3, -0.25) is 14.9 Å². The molecular weight excluding hydrogens is 443 g/mol. The van der Waals surface area contributed by atoms with Gasteiger partial charge in [0.15, 0.2) is 11.5 Å². The van der Waals surface area contributed by atoms with Crippen molar-refractivity contribution in [3.05, 3.63) is 69.7 Å². The van der Waals surface area contributed by atoms with Crippen molar-refractivity contribution in [1.29, 1.82) is 0 Å². The largest absolute Gasteiger partial charge is 0.504 e. The summed E-state index contributed by atoms with van der Waals surface area (Å²) < 4.78 is 5.45. The molecule has 9 heteroatoms. The first-order valence-corrected chi connectivity index (χ1v) is 9.98. The second-order valence-corrected chi connectivity index (χ2v) is 7.35. The molecule has 1 fully saturated rings. The van der Waals surface area contributed by atoms with Crippen molar-refractivity contribution in [3.8, 4) is 11.5 Å². The number of imide groups is 2. The molecule has 2 N–H and O–H groups in total. The predicted molar refractivity (Wildman–Crippen MR) is 119 cm³/mol. The molecule has 1 aliphatic heterocycles. The fraction of sp³-hybridized carbons (Fsp3) is 0.136. The van der Waals surface area contributed by atoms with Crippen LogP contribution in [0.25, 0.3) is 6.08 Å². The van der Waals surface area contributed by atoms with Crippen LogP contribution in [0, 0.1) is 0 Å². The van der Waals surface area contributed by atoms with E-state index in [4.69, 9.17) is 27.9 Å². The summed E-state index contributed by atoms with van der Waals surface area (Å²) in [5.74, 6) is -1.55. The van der Waals surface area contributed by atoms with Crippen LogP contribution in [0.2, 0.25) is 10.0 Å². The van der Waals surface area contributed by atoms with E-state index in [2.05, 4.69) is 11.9 Å². The molecule has 0 bridgehead atoms. The van der Waals surface area contributed by atoms with Gasteiger partial charge in [-0.2, -0.15) is 0 Å². The molecule has 1 aliphatic rings. The van der Waals surface area contributed by atoms with Gasteiger partial charge in [0.1, 0.15) is 5.57 Å². The summed E-state index contributed by atoms with van der Waals surface area (Å²) in [6.07, 6.45) is 3.26. The van der Waals surface area contributed by atoms with Crippen LogP contribution in [0.5, 0.6) is 11.5 Å². The Morgan fingerprint density at radius 2 is 1.94 bits per heavy atom. The Balaban J connectivity index is 2.08. The number of barbiturate groups is 1. The molecule has 0 aliphatic carbocycles. The van der Waals surface area contributed by atoms with E-state index in [9.17, 15) is 19.5 Å². The van der Waals surface area contributed by atoms with E-state index >= 15 is 0 Å². The minimum atomic E-state index is -0.926. The number of nitrogens with one attached hydrogen (secondary N) is 1. The minimum absolute atomic E-state index is 0.0481. The molecule has 0 aromatic heterocycles. The lowest BCUT2D eigenvalue weighted by atomic mass is 10.0. The lowest BCUT2D eigenvalue weighted by molar-refractivity contribution is -0.122. The van der Waals surface area contributed by atoms with E-state index in [-0.39, 0.29) is 27.8 Å². The third-order valence-corrected chi connectivity index (χ3v) is 4.94. The Morgan fingerprint density at radius 1 is 1.19 bits per heavy atom. The topological polar surface area (TPSA) is 95.9 Å². The van der Waals surface area contributed by atoms with Crippen molar-refractivity contribution in [3.63, 3.8) is 0 Å². The zero-order chi connectivity index (χ0) is 22.7. The molecule has 2 aromatic rings. The van der Waals surface area contributed by atoms with Gasteiger partial charge in [0.05, 0.1) is 17.3 Å². The van der Waals surface area contributed by atoms with Crippen molar-refractivity contribution in [2.45, 2.75) is 13.3 Å². The number of allylic oxidation sites excluding steroid dienone is 1. The van der Waals surface area contributed by atoms with Crippen molar-refractivity contribution in [2.75, 3.05) is 11.5 Å². The van der Waals surface area contributed by atoms with Crippen LogP contribution >= 0.6 is 23.2 Å². The zero-order valence-electron chi connectivity index (χ0n) is 16.4. The lowest BCUT2D eigenvalue weighted by Gasteiger charge is -2.27. The predicted octanol–water partition coefficient (Wildman–Crippen LogP) is 4.49. The highest BCUT2D eigenvalue weighted by molar-refractivity contribution is 6.42. The van der Waals surface area contributed by atoms with Crippen LogP contribution in [-0.4, -0.2) is 29.6 Å². The first kappa shape index (κ1) is 22.4. The number of nitrogens with zero attached hydrogens (tertiary/aromatic N) is 1. The average Bonchev–Trinajstić information content (AvgIpc) is 2.70. The maximum Gasteiger partial charge on any atom is 0.335 e. The molecule has 0 radical (unpaired) electrons. The normalized spacial score (nSPS) is 15.3. The lowest BCUT2D eigenvalue weighted by Crippen LogP contribution is -2.54. The van der Waals surface area contributed by atoms with Gasteiger partial charge in [0, 0.05) is 10.6 Å². The van der Waals surface area contributed by atoms with Gasteiger partial charge in [0.2, 0.25) is 0 Å². The number of phenols is 1. The van der Waals surface area contributed by atoms with Crippen LogP contribution in [0.3, 0.4) is 0 Å². The maximum atomic E-state index is 13.1. The van der Waals surface area contributed by atoms with Gasteiger partial charge in [0.25, 0.3) is 11.8 Å². The number of phenolic OH excluding ortho intramolecular Hbond substituents is 1. The number of carbonyl (C=O) groups excluding carboxylic acids is 3. The number of amides is 4. The number of hydrogen-bond donors (Lipinski definition) is 2. The van der Waals surface area contributed by atoms with Crippen LogP contribution in [0.1, 0.15) is 18.1 Å². The van der Waals surface area contributed by atoms with E-state index in [1.807, 2.05) is 0 Å². The molecule has 3 rings (SSSR count). The monoisotopic (exact) mass is 460 g/mol. The molecule has 1 heterocycles. The van der Waals surface area contributed by atoms with Crippen molar-refractivity contribution in [2.24, 2.45) is 0 Å². The Labute approximate surface area is 188 Å². The minimum Gasteiger partial charge on any atom is -0.504 e. The van der Waals surface area contributed by atoms with Crippen molar-refractivity contribution < 1.29 is 24.2 Å². The summed E-state index contributed by atoms with van der Waals surface area (Å²) in [4.78, 5) is 38.6. The third kappa shape index (κ3) is 4.57. The number of anilines is 1. The Bertz CT molecular complexity index is 1130. The van der Waals surface area contributed by atoms with Gasteiger partial charge < -0.3 is 9.84 Å². The van der Waals surface area contributed by atoms with Crippen LogP contribution in [-0.2, 0) is 16.0 Å². The molecular formula is C22H18Cl2N2O5. The molecule has 4 amide bonds. The fourth-order valence-electron chi connectivity index (χ4n) is 3.05. The molecule has 160 valence electrons. The van der Waals surface area contributed by atoms with Crippen molar-refractivity contribution in [1.82, 2.24) is 5.32 Å². The maximum absolute atomic E-state index is 13.1. The molecule has 0 spiro atoms. The highest BCUT2D eigenvalue weighted by Gasteiger charge is 2.37. The number of ether oxygens (including phenoxy) is 1. The number of rotatable bonds is 6. The van der Waals surface area contributed by atoms with Crippen LogP contribution < -0.4 is 15.0 Å². The smallest absolute Gasteiger partial charge is 0.335 e. The summed E-state index contributed by atoms with van der Waals surface area (Å²) in [6.45, 7) is 5.72. The molecule has 0 unspecified atom stereocenters. The highest BCUT2D eigenvalue weighted by atomic mass is 35.5. The van der Waals surface area contributed by atoms with Gasteiger partial charge in [-0.05, 0) is 55.3 Å². The molecule has 0 saturated carbocycles. The molecule has 0 atom stereocenters. The second-order valence-electron chi connectivity index (χ2n) is 6.51. The number of benzene rings is 2. The molecule has 7 nitrogen and oxygen atoms in total. The Hall–Kier alpha value is -3.29. The van der Waals surface area contributed by atoms with Crippen LogP contribution in [0.4, 0.5) is 10.5 Å². The van der Waals surface area contributed by atoms with E-state index < -0.39 is 17.8 Å². The number of carbonyl (C=O) groups is 3. The molecule has 1 saturated heterocycles. The first-order chi connectivity index (χ1) is 14.8. The van der Waals surface area contributed by atoms with Gasteiger partial charge in [-0.15, -0.1) is 6.58 Å². The number of aromatic hydroxyl groups is 1. The van der Waals surface area contributed by atoms with E-state index in [1.54, 1.807) is 19.1 Å².